The van der Waals surface area contributed by atoms with Crippen LogP contribution < -0.4 is 10.1 Å². The molecule has 3 aromatic rings. The van der Waals surface area contributed by atoms with Gasteiger partial charge >= 0.3 is 0 Å². The molecule has 0 bridgehead atoms. The predicted octanol–water partition coefficient (Wildman–Crippen LogP) is 3.96. The number of carbonyl (C=O) groups is 1. The van der Waals surface area contributed by atoms with Crippen molar-refractivity contribution in [2.75, 3.05) is 12.4 Å². The Labute approximate surface area is 138 Å². The van der Waals surface area contributed by atoms with E-state index in [1.54, 1.807) is 19.2 Å². The molecule has 3 rings (SSSR count). The smallest absolute Gasteiger partial charge is 0.257 e. The van der Waals surface area contributed by atoms with Gasteiger partial charge in [0.15, 0.2) is 5.58 Å². The highest BCUT2D eigenvalue weighted by Gasteiger charge is 2.19. The first-order valence-corrected chi connectivity index (χ1v) is 8.01. The lowest BCUT2D eigenvalue weighted by Gasteiger charge is -2.12. The van der Waals surface area contributed by atoms with Crippen LogP contribution in [0.5, 0.6) is 5.75 Å². The first kappa shape index (κ1) is 15.4. The van der Waals surface area contributed by atoms with Gasteiger partial charge in [0.1, 0.15) is 11.3 Å². The highest BCUT2D eigenvalue weighted by molar-refractivity contribution is 8.00. The minimum absolute atomic E-state index is 0.137. The molecule has 1 aromatic heterocycles. The van der Waals surface area contributed by atoms with Gasteiger partial charge in [-0.2, -0.15) is 0 Å². The Hall–Kier alpha value is -2.47. The second-order valence-electron chi connectivity index (χ2n) is 4.90. The van der Waals surface area contributed by atoms with E-state index >= 15 is 0 Å². The monoisotopic (exact) mass is 328 g/mol. The Morgan fingerprint density at radius 2 is 1.96 bits per heavy atom. The zero-order chi connectivity index (χ0) is 16.2. The molecule has 1 amide bonds. The lowest BCUT2D eigenvalue weighted by molar-refractivity contribution is -0.115. The molecule has 0 saturated heterocycles. The fourth-order valence-corrected chi connectivity index (χ4v) is 2.85. The number of amides is 1. The van der Waals surface area contributed by atoms with Gasteiger partial charge in [0.2, 0.25) is 5.91 Å². The fourth-order valence-electron chi connectivity index (χ4n) is 2.09. The number of methoxy groups -OCH3 is 1. The normalized spacial score (nSPS) is 12.1. The molecule has 118 valence electrons. The Balaban J connectivity index is 1.69. The standard InChI is InChI=1S/C17H16N2O3S/c1-11(16(20)18-12-7-3-5-9-14(12)21-2)23-17-19-13-8-4-6-10-15(13)22-17/h3-11H,1-2H3,(H,18,20)/t11-/m0/s1. The number of hydrogen-bond acceptors (Lipinski definition) is 5. The number of fused-ring (bicyclic) bond motifs is 1. The van der Waals surface area contributed by atoms with E-state index in [4.69, 9.17) is 9.15 Å². The van der Waals surface area contributed by atoms with Crippen LogP contribution in [0.25, 0.3) is 11.1 Å². The van der Waals surface area contributed by atoms with Crippen molar-refractivity contribution in [3.8, 4) is 5.75 Å². The minimum Gasteiger partial charge on any atom is -0.495 e. The van der Waals surface area contributed by atoms with Crippen molar-refractivity contribution < 1.29 is 13.9 Å². The molecule has 0 aliphatic rings. The molecule has 0 aliphatic carbocycles. The maximum atomic E-state index is 12.3. The van der Waals surface area contributed by atoms with Crippen molar-refractivity contribution in [1.29, 1.82) is 0 Å². The van der Waals surface area contributed by atoms with Gasteiger partial charge in [-0.3, -0.25) is 4.79 Å². The molecule has 0 radical (unpaired) electrons. The molecular weight excluding hydrogens is 312 g/mol. The first-order valence-electron chi connectivity index (χ1n) is 7.13. The van der Waals surface area contributed by atoms with Crippen LogP contribution in [0.3, 0.4) is 0 Å². The first-order chi connectivity index (χ1) is 11.2. The van der Waals surface area contributed by atoms with Crippen molar-refractivity contribution in [2.24, 2.45) is 0 Å². The number of anilines is 1. The van der Waals surface area contributed by atoms with E-state index in [1.807, 2.05) is 43.3 Å². The van der Waals surface area contributed by atoms with Crippen LogP contribution in [0.1, 0.15) is 6.92 Å². The summed E-state index contributed by atoms with van der Waals surface area (Å²) in [4.78, 5) is 16.7. The Morgan fingerprint density at radius 1 is 1.22 bits per heavy atom. The number of hydrogen-bond donors (Lipinski definition) is 1. The summed E-state index contributed by atoms with van der Waals surface area (Å²) in [6, 6.07) is 14.8. The molecule has 6 heteroatoms. The van der Waals surface area contributed by atoms with E-state index in [9.17, 15) is 4.79 Å². The van der Waals surface area contributed by atoms with Gasteiger partial charge in [0.05, 0.1) is 18.0 Å². The summed E-state index contributed by atoms with van der Waals surface area (Å²) in [5, 5.41) is 2.99. The van der Waals surface area contributed by atoms with Crippen molar-refractivity contribution in [1.82, 2.24) is 4.98 Å². The van der Waals surface area contributed by atoms with Crippen LogP contribution >= 0.6 is 11.8 Å². The van der Waals surface area contributed by atoms with Crippen molar-refractivity contribution in [3.05, 3.63) is 48.5 Å². The van der Waals surface area contributed by atoms with Crippen LogP contribution in [-0.4, -0.2) is 23.3 Å². The molecule has 0 unspecified atom stereocenters. The number of rotatable bonds is 5. The lowest BCUT2D eigenvalue weighted by atomic mass is 10.3. The largest absolute Gasteiger partial charge is 0.495 e. The average molecular weight is 328 g/mol. The molecule has 0 aliphatic heterocycles. The van der Waals surface area contributed by atoms with Crippen molar-refractivity contribution in [2.45, 2.75) is 17.4 Å². The fraction of sp³-hybridized carbons (Fsp3) is 0.176. The molecule has 1 atom stereocenters. The Kier molecular flexibility index (Phi) is 4.52. The average Bonchev–Trinajstić information content (AvgIpc) is 2.97. The number of para-hydroxylation sites is 4. The minimum atomic E-state index is -0.354. The number of carbonyl (C=O) groups excluding carboxylic acids is 1. The Morgan fingerprint density at radius 3 is 2.74 bits per heavy atom. The predicted molar refractivity (Wildman–Crippen MR) is 91.0 cm³/mol. The maximum absolute atomic E-state index is 12.3. The van der Waals surface area contributed by atoms with Gasteiger partial charge in [-0.15, -0.1) is 0 Å². The number of ether oxygens (including phenoxy) is 1. The third-order valence-electron chi connectivity index (χ3n) is 3.29. The number of thioether (sulfide) groups is 1. The topological polar surface area (TPSA) is 64.4 Å². The van der Waals surface area contributed by atoms with Crippen LogP contribution in [0.4, 0.5) is 5.69 Å². The van der Waals surface area contributed by atoms with Crippen molar-refractivity contribution >= 4 is 34.5 Å². The highest BCUT2D eigenvalue weighted by atomic mass is 32.2. The molecule has 0 spiro atoms. The summed E-state index contributed by atoms with van der Waals surface area (Å²) < 4.78 is 10.9. The third-order valence-corrected chi connectivity index (χ3v) is 4.23. The van der Waals surface area contributed by atoms with Crippen LogP contribution in [0, 0.1) is 0 Å². The van der Waals surface area contributed by atoms with E-state index in [2.05, 4.69) is 10.3 Å². The molecule has 1 heterocycles. The lowest BCUT2D eigenvalue weighted by Crippen LogP contribution is -2.22. The van der Waals surface area contributed by atoms with Crippen LogP contribution in [0.15, 0.2) is 58.2 Å². The van der Waals surface area contributed by atoms with Crippen LogP contribution in [0.2, 0.25) is 0 Å². The molecular formula is C17H16N2O3S. The number of benzene rings is 2. The van der Waals surface area contributed by atoms with E-state index < -0.39 is 0 Å². The zero-order valence-electron chi connectivity index (χ0n) is 12.8. The summed E-state index contributed by atoms with van der Waals surface area (Å²) >= 11 is 1.28. The van der Waals surface area contributed by atoms with E-state index in [0.717, 1.165) is 5.52 Å². The Bertz CT molecular complexity index is 798. The summed E-state index contributed by atoms with van der Waals surface area (Å²) in [6.07, 6.45) is 0. The van der Waals surface area contributed by atoms with Gasteiger partial charge in [0.25, 0.3) is 5.22 Å². The quantitative estimate of drug-likeness (QED) is 0.718. The molecule has 5 nitrogen and oxygen atoms in total. The van der Waals surface area contributed by atoms with Gasteiger partial charge in [-0.25, -0.2) is 4.98 Å². The highest BCUT2D eigenvalue weighted by Crippen LogP contribution is 2.28. The molecule has 0 fully saturated rings. The molecule has 23 heavy (non-hydrogen) atoms. The SMILES string of the molecule is COc1ccccc1NC(=O)[C@H](C)Sc1nc2ccccc2o1. The van der Waals surface area contributed by atoms with Gasteiger partial charge in [-0.1, -0.05) is 36.0 Å². The van der Waals surface area contributed by atoms with E-state index in [1.165, 1.54) is 11.8 Å². The number of nitrogens with zero attached hydrogens (tertiary/aromatic N) is 1. The summed E-state index contributed by atoms with van der Waals surface area (Å²) in [6.45, 7) is 1.81. The number of oxazole rings is 1. The van der Waals surface area contributed by atoms with E-state index in [0.29, 0.717) is 22.2 Å². The van der Waals surface area contributed by atoms with Gasteiger partial charge in [0, 0.05) is 0 Å². The number of nitrogens with one attached hydrogen (secondary N) is 1. The van der Waals surface area contributed by atoms with Gasteiger partial charge < -0.3 is 14.5 Å². The van der Waals surface area contributed by atoms with E-state index in [-0.39, 0.29) is 11.2 Å². The second kappa shape index (κ2) is 6.75. The van der Waals surface area contributed by atoms with Gasteiger partial charge in [-0.05, 0) is 31.2 Å². The molecule has 2 aromatic carbocycles. The molecule has 0 saturated carbocycles. The summed E-state index contributed by atoms with van der Waals surface area (Å²) in [5.41, 5.74) is 2.14. The van der Waals surface area contributed by atoms with Crippen molar-refractivity contribution in [3.63, 3.8) is 0 Å². The summed E-state index contributed by atoms with van der Waals surface area (Å²) in [5.74, 6) is 0.488. The summed E-state index contributed by atoms with van der Waals surface area (Å²) in [7, 11) is 1.57. The number of aromatic nitrogens is 1. The zero-order valence-corrected chi connectivity index (χ0v) is 13.6. The third kappa shape index (κ3) is 3.48. The molecule has 1 N–H and O–H groups in total. The van der Waals surface area contributed by atoms with Crippen LogP contribution in [-0.2, 0) is 4.79 Å². The maximum Gasteiger partial charge on any atom is 0.257 e. The second-order valence-corrected chi connectivity index (χ2v) is 6.19.